The Morgan fingerprint density at radius 3 is 1.43 bits per heavy atom. The smallest absolute Gasteiger partial charge is 1.00 e. The molecular formula is C44H44Cl2Zr. The first kappa shape index (κ1) is 35.5. The van der Waals surface area contributed by atoms with Crippen LogP contribution in [0.3, 0.4) is 0 Å². The number of allylic oxidation sites excluding steroid dienone is 2. The second-order valence-electron chi connectivity index (χ2n) is 15.0. The van der Waals surface area contributed by atoms with Crippen LogP contribution in [0.1, 0.15) is 100 Å². The van der Waals surface area contributed by atoms with Crippen LogP contribution in [0.15, 0.2) is 127 Å². The fraction of sp³-hybridized carbons (Fsp3) is 0.250. The van der Waals surface area contributed by atoms with Crippen LogP contribution in [0.2, 0.25) is 0 Å². The van der Waals surface area contributed by atoms with E-state index in [-0.39, 0.29) is 35.6 Å². The molecule has 3 heteroatoms. The summed E-state index contributed by atoms with van der Waals surface area (Å²) in [5.74, 6) is 0. The van der Waals surface area contributed by atoms with Gasteiger partial charge >= 0.3 is 280 Å². The Hall–Kier alpha value is -2.83. The van der Waals surface area contributed by atoms with Crippen molar-refractivity contribution in [3.05, 3.63) is 172 Å². The molecule has 0 aliphatic heterocycles. The minimum absolute atomic E-state index is 0. The molecule has 0 radical (unpaired) electrons. The maximum Gasteiger partial charge on any atom is -1.00 e. The molecule has 5 aromatic rings. The van der Waals surface area contributed by atoms with Crippen molar-refractivity contribution in [2.24, 2.45) is 0 Å². The molecule has 0 aromatic heterocycles. The Balaban J connectivity index is 0.00000217. The fourth-order valence-electron chi connectivity index (χ4n) is 7.53. The Morgan fingerprint density at radius 1 is 0.511 bits per heavy atom. The second-order valence-corrected chi connectivity index (χ2v) is 21.4. The van der Waals surface area contributed by atoms with Crippen molar-refractivity contribution in [2.75, 3.05) is 0 Å². The molecule has 2 aliphatic rings. The summed E-state index contributed by atoms with van der Waals surface area (Å²) in [5, 5.41) is 0. The van der Waals surface area contributed by atoms with Gasteiger partial charge in [-0.15, -0.1) is 0 Å². The quantitative estimate of drug-likeness (QED) is 0.232. The Labute approximate surface area is 302 Å². The first-order valence-corrected chi connectivity index (χ1v) is 20.5. The molecule has 2 aliphatic carbocycles. The minimum atomic E-state index is -2.86. The molecule has 0 heterocycles. The number of fused-ring (bicyclic) bond motifs is 4. The van der Waals surface area contributed by atoms with E-state index in [2.05, 4.69) is 176 Å². The van der Waals surface area contributed by atoms with Gasteiger partial charge in [0.05, 0.1) is 0 Å². The van der Waals surface area contributed by atoms with Gasteiger partial charge in [-0.3, -0.25) is 0 Å². The fourth-order valence-corrected chi connectivity index (χ4v) is 17.7. The molecule has 0 fully saturated rings. The third-order valence-corrected chi connectivity index (χ3v) is 18.7. The van der Waals surface area contributed by atoms with Crippen molar-refractivity contribution in [1.82, 2.24) is 0 Å². The van der Waals surface area contributed by atoms with Crippen LogP contribution in [0.5, 0.6) is 0 Å². The van der Waals surface area contributed by atoms with Gasteiger partial charge in [0.25, 0.3) is 0 Å². The molecule has 5 aromatic carbocycles. The standard InChI is InChI=1S/C21H25.C13H10.C10H9.2ClH.Zr/c1-20(2,3)16-7-9-18-14(12-16)11-15-13-17(21(4,5)6)8-10-19(15)18;1-3-7-12(8-4-1)11-13-9-5-2-6-10-13;1-8-6-7-9-4-2-3-5-10(8)9;;;/h7-13H,1-6H3;1-10H;2-7H,1H3;2*1H;/q;;;;;+2/p-2. The summed E-state index contributed by atoms with van der Waals surface area (Å²) in [5.41, 5.74) is 16.2. The van der Waals surface area contributed by atoms with Gasteiger partial charge in [-0.2, -0.15) is 0 Å². The summed E-state index contributed by atoms with van der Waals surface area (Å²) in [6, 6.07) is 46.8. The maximum absolute atomic E-state index is 2.86. The molecule has 0 N–H and O–H groups in total. The van der Waals surface area contributed by atoms with E-state index in [1.807, 2.05) is 0 Å². The van der Waals surface area contributed by atoms with Crippen LogP contribution >= 0.6 is 0 Å². The average Bonchev–Trinajstić information content (AvgIpc) is 3.53. The van der Waals surface area contributed by atoms with Gasteiger partial charge in [-0.1, -0.05) is 0 Å². The SMILES string of the molecule is CC1=C[CH]([Zr+2](=[C](c2ccccc2)c2ccccc2)[CH]2c3cc(C(C)(C)C)ccc3-c3ccc(C(C)(C)C)cc32)c2ccccc21.[Cl-].[Cl-]. The molecule has 7 rings (SSSR count). The Morgan fingerprint density at radius 2 is 0.957 bits per heavy atom. The van der Waals surface area contributed by atoms with E-state index in [4.69, 9.17) is 0 Å². The molecule has 0 spiro atoms. The van der Waals surface area contributed by atoms with Gasteiger partial charge in [-0.25, -0.2) is 0 Å². The van der Waals surface area contributed by atoms with E-state index >= 15 is 0 Å². The van der Waals surface area contributed by atoms with Crippen LogP contribution in [0, 0.1) is 0 Å². The first-order chi connectivity index (χ1) is 21.5. The zero-order valence-corrected chi connectivity index (χ0v) is 32.5. The Kier molecular flexibility index (Phi) is 10.3. The summed E-state index contributed by atoms with van der Waals surface area (Å²) >= 11 is -2.86. The largest absolute Gasteiger partial charge is 1.00 e. The number of hydrogen-bond donors (Lipinski definition) is 0. The molecule has 238 valence electrons. The minimum Gasteiger partial charge on any atom is -1.00 e. The predicted octanol–water partition coefficient (Wildman–Crippen LogP) is 5.40. The van der Waals surface area contributed by atoms with Crippen molar-refractivity contribution in [1.29, 1.82) is 0 Å². The molecule has 0 bridgehead atoms. The number of halogens is 2. The molecule has 1 atom stereocenters. The van der Waals surface area contributed by atoms with Crippen LogP contribution in [-0.4, -0.2) is 3.21 Å². The summed E-state index contributed by atoms with van der Waals surface area (Å²) in [7, 11) is 0. The van der Waals surface area contributed by atoms with Gasteiger partial charge in [0.2, 0.25) is 0 Å². The second kappa shape index (κ2) is 13.6. The van der Waals surface area contributed by atoms with Crippen molar-refractivity contribution >= 4 is 8.78 Å². The third kappa shape index (κ3) is 6.49. The molecule has 0 amide bonds. The number of benzene rings is 5. The summed E-state index contributed by atoms with van der Waals surface area (Å²) in [6.07, 6.45) is 2.66. The molecule has 1 unspecified atom stereocenters. The predicted molar refractivity (Wildman–Crippen MR) is 190 cm³/mol. The van der Waals surface area contributed by atoms with Gasteiger partial charge in [0.1, 0.15) is 0 Å². The van der Waals surface area contributed by atoms with E-state index in [9.17, 15) is 0 Å². The maximum atomic E-state index is 2.66. The van der Waals surface area contributed by atoms with E-state index in [0.717, 1.165) is 0 Å². The summed E-state index contributed by atoms with van der Waals surface area (Å²) < 4.78 is 2.44. The summed E-state index contributed by atoms with van der Waals surface area (Å²) in [6.45, 7) is 16.5. The number of rotatable bonds is 4. The van der Waals surface area contributed by atoms with Crippen LogP contribution in [-0.2, 0) is 32.1 Å². The molecule has 0 saturated heterocycles. The van der Waals surface area contributed by atoms with Gasteiger partial charge in [0.15, 0.2) is 0 Å². The van der Waals surface area contributed by atoms with Crippen molar-refractivity contribution in [3.63, 3.8) is 0 Å². The van der Waals surface area contributed by atoms with Crippen LogP contribution in [0.25, 0.3) is 16.7 Å². The third-order valence-electron chi connectivity index (χ3n) is 9.94. The van der Waals surface area contributed by atoms with Crippen LogP contribution in [0.4, 0.5) is 0 Å². The van der Waals surface area contributed by atoms with E-state index < -0.39 is 21.3 Å². The zero-order chi connectivity index (χ0) is 31.5. The van der Waals surface area contributed by atoms with Crippen molar-refractivity contribution in [3.8, 4) is 11.1 Å². The summed E-state index contributed by atoms with van der Waals surface area (Å²) in [4.78, 5) is 0. The van der Waals surface area contributed by atoms with Gasteiger partial charge in [-0.05, 0) is 0 Å². The molecule has 0 nitrogen and oxygen atoms in total. The van der Waals surface area contributed by atoms with Crippen molar-refractivity contribution < 1.29 is 46.1 Å². The Bertz CT molecular complexity index is 1870. The van der Waals surface area contributed by atoms with Crippen LogP contribution < -0.4 is 24.8 Å². The molecule has 0 saturated carbocycles. The van der Waals surface area contributed by atoms with Gasteiger partial charge < -0.3 is 24.8 Å². The molecular weight excluding hydrogens is 691 g/mol. The number of hydrogen-bond acceptors (Lipinski definition) is 0. The normalized spacial score (nSPS) is 14.9. The van der Waals surface area contributed by atoms with E-state index in [1.165, 1.54) is 50.1 Å². The monoisotopic (exact) mass is 732 g/mol. The first-order valence-electron chi connectivity index (χ1n) is 16.4. The molecule has 47 heavy (non-hydrogen) atoms. The van der Waals surface area contributed by atoms with Crippen molar-refractivity contribution in [2.45, 2.75) is 66.5 Å². The van der Waals surface area contributed by atoms with E-state index in [0.29, 0.717) is 7.25 Å². The van der Waals surface area contributed by atoms with E-state index in [1.54, 1.807) is 14.3 Å². The topological polar surface area (TPSA) is 0 Å². The van der Waals surface area contributed by atoms with Gasteiger partial charge in [0, 0.05) is 0 Å². The zero-order valence-electron chi connectivity index (χ0n) is 28.5. The average molecular weight is 735 g/mol.